The largest absolute Gasteiger partial charge is 0.338 e. The van der Waals surface area contributed by atoms with Crippen LogP contribution in [0.2, 0.25) is 5.02 Å². The molecule has 0 bridgehead atoms. The summed E-state index contributed by atoms with van der Waals surface area (Å²) in [6, 6.07) is 4.12. The fraction of sp³-hybridized carbons (Fsp3) is 0.462. The van der Waals surface area contributed by atoms with Crippen LogP contribution in [0.25, 0.3) is 0 Å². The molecule has 1 heterocycles. The zero-order valence-corrected chi connectivity index (χ0v) is 12.2. The van der Waals surface area contributed by atoms with Crippen molar-refractivity contribution in [1.82, 2.24) is 4.90 Å². The van der Waals surface area contributed by atoms with Gasteiger partial charge in [-0.1, -0.05) is 11.6 Å². The molecular formula is C13H14Cl2N2O3. The third-order valence-electron chi connectivity index (χ3n) is 3.48. The van der Waals surface area contributed by atoms with Crippen molar-refractivity contribution in [1.29, 1.82) is 0 Å². The van der Waals surface area contributed by atoms with Crippen molar-refractivity contribution in [2.75, 3.05) is 19.0 Å². The van der Waals surface area contributed by atoms with Crippen molar-refractivity contribution in [3.63, 3.8) is 0 Å². The summed E-state index contributed by atoms with van der Waals surface area (Å²) in [6.45, 7) is 1.21. The van der Waals surface area contributed by atoms with E-state index < -0.39 is 4.92 Å². The molecule has 0 spiro atoms. The molecule has 7 heteroatoms. The summed E-state index contributed by atoms with van der Waals surface area (Å²) in [5, 5.41) is 11.3. The molecule has 5 nitrogen and oxygen atoms in total. The number of alkyl halides is 1. The number of hydrogen-bond acceptors (Lipinski definition) is 3. The van der Waals surface area contributed by atoms with Crippen molar-refractivity contribution < 1.29 is 9.72 Å². The number of amides is 1. The van der Waals surface area contributed by atoms with Crippen LogP contribution in [-0.2, 0) is 0 Å². The van der Waals surface area contributed by atoms with Crippen LogP contribution >= 0.6 is 23.2 Å². The monoisotopic (exact) mass is 316 g/mol. The molecule has 0 radical (unpaired) electrons. The van der Waals surface area contributed by atoms with E-state index in [1.165, 1.54) is 18.2 Å². The zero-order chi connectivity index (χ0) is 14.7. The average Bonchev–Trinajstić information content (AvgIpc) is 2.87. The van der Waals surface area contributed by atoms with Crippen molar-refractivity contribution >= 4 is 34.8 Å². The highest BCUT2D eigenvalue weighted by atomic mass is 35.5. The van der Waals surface area contributed by atoms with Crippen LogP contribution in [0.3, 0.4) is 0 Å². The smallest absolute Gasteiger partial charge is 0.283 e. The Morgan fingerprint density at radius 1 is 1.50 bits per heavy atom. The van der Waals surface area contributed by atoms with E-state index in [2.05, 4.69) is 0 Å². The minimum absolute atomic E-state index is 0.0888. The van der Waals surface area contributed by atoms with E-state index in [0.717, 1.165) is 12.8 Å². The lowest BCUT2D eigenvalue weighted by atomic mass is 10.1. The molecule has 0 saturated carbocycles. The first kappa shape index (κ1) is 15.1. The lowest BCUT2D eigenvalue weighted by Gasteiger charge is -2.16. The second-order valence-electron chi connectivity index (χ2n) is 4.80. The Bertz CT molecular complexity index is 536. The van der Waals surface area contributed by atoms with Gasteiger partial charge in [-0.15, -0.1) is 11.6 Å². The Hall–Kier alpha value is -1.33. The number of benzene rings is 1. The van der Waals surface area contributed by atoms with Crippen LogP contribution in [0.1, 0.15) is 23.2 Å². The van der Waals surface area contributed by atoms with Crippen LogP contribution in [0.15, 0.2) is 18.2 Å². The lowest BCUT2D eigenvalue weighted by molar-refractivity contribution is -0.385. The maximum Gasteiger partial charge on any atom is 0.283 e. The molecule has 108 valence electrons. The number of carbonyl (C=O) groups is 1. The van der Waals surface area contributed by atoms with Gasteiger partial charge in [-0.25, -0.2) is 0 Å². The summed E-state index contributed by atoms with van der Waals surface area (Å²) in [4.78, 5) is 24.5. The van der Waals surface area contributed by atoms with E-state index in [1.807, 2.05) is 0 Å². The van der Waals surface area contributed by atoms with Crippen LogP contribution in [0.4, 0.5) is 5.69 Å². The lowest BCUT2D eigenvalue weighted by Crippen LogP contribution is -2.29. The fourth-order valence-electron chi connectivity index (χ4n) is 2.41. The van der Waals surface area contributed by atoms with Crippen LogP contribution in [-0.4, -0.2) is 34.7 Å². The first-order valence-corrected chi connectivity index (χ1v) is 7.23. The van der Waals surface area contributed by atoms with Crippen LogP contribution in [0, 0.1) is 16.0 Å². The Morgan fingerprint density at radius 2 is 2.25 bits per heavy atom. The molecule has 1 aliphatic heterocycles. The molecule has 2 rings (SSSR count). The highest BCUT2D eigenvalue weighted by Gasteiger charge is 2.30. The number of likely N-dealkylation sites (tertiary alicyclic amines) is 1. The number of halogens is 2. The highest BCUT2D eigenvalue weighted by molar-refractivity contribution is 6.31. The summed E-state index contributed by atoms with van der Waals surface area (Å²) < 4.78 is 0. The zero-order valence-electron chi connectivity index (χ0n) is 10.7. The first-order chi connectivity index (χ1) is 9.52. The van der Waals surface area contributed by atoms with Gasteiger partial charge in [0.25, 0.3) is 11.6 Å². The molecule has 1 unspecified atom stereocenters. The molecule has 0 aromatic heterocycles. The molecule has 20 heavy (non-hydrogen) atoms. The van der Waals surface area contributed by atoms with Gasteiger partial charge in [-0.2, -0.15) is 0 Å². The van der Waals surface area contributed by atoms with Gasteiger partial charge in [0, 0.05) is 30.1 Å². The second kappa shape index (κ2) is 6.41. The molecule has 0 aliphatic carbocycles. The van der Waals surface area contributed by atoms with Gasteiger partial charge in [-0.05, 0) is 30.9 Å². The van der Waals surface area contributed by atoms with Crippen molar-refractivity contribution in [3.8, 4) is 0 Å². The molecule has 1 aromatic rings. The van der Waals surface area contributed by atoms with E-state index in [-0.39, 0.29) is 22.2 Å². The standard InChI is InChI=1S/C13H14Cl2N2O3/c14-5-3-9-4-6-16(8-9)13(18)11-2-1-10(15)7-12(11)17(19)20/h1-2,7,9H,3-6,8H2. The van der Waals surface area contributed by atoms with E-state index in [4.69, 9.17) is 23.2 Å². The SMILES string of the molecule is O=C(c1ccc(Cl)cc1[N+](=O)[O-])N1CCC(CCCl)C1. The third kappa shape index (κ3) is 3.22. The van der Waals surface area contributed by atoms with E-state index in [1.54, 1.807) is 4.90 Å². The van der Waals surface area contributed by atoms with Crippen molar-refractivity contribution in [2.45, 2.75) is 12.8 Å². The fourth-order valence-corrected chi connectivity index (χ4v) is 2.89. The Balaban J connectivity index is 2.20. The van der Waals surface area contributed by atoms with Gasteiger partial charge in [0.05, 0.1) is 4.92 Å². The minimum atomic E-state index is -0.578. The normalized spacial score (nSPS) is 18.3. The number of rotatable bonds is 4. The molecule has 0 N–H and O–H groups in total. The summed E-state index contributed by atoms with van der Waals surface area (Å²) in [6.07, 6.45) is 1.74. The second-order valence-corrected chi connectivity index (χ2v) is 5.62. The molecular weight excluding hydrogens is 303 g/mol. The van der Waals surface area contributed by atoms with E-state index >= 15 is 0 Å². The van der Waals surface area contributed by atoms with Gasteiger partial charge in [0.2, 0.25) is 0 Å². The maximum absolute atomic E-state index is 12.4. The average molecular weight is 317 g/mol. The highest BCUT2D eigenvalue weighted by Crippen LogP contribution is 2.27. The van der Waals surface area contributed by atoms with Crippen LogP contribution in [0.5, 0.6) is 0 Å². The third-order valence-corrected chi connectivity index (χ3v) is 3.93. The Kier molecular flexibility index (Phi) is 4.83. The van der Waals surface area contributed by atoms with E-state index in [0.29, 0.717) is 24.9 Å². The molecule has 1 amide bonds. The number of nitro benzene ring substituents is 1. The Morgan fingerprint density at radius 3 is 2.90 bits per heavy atom. The van der Waals surface area contributed by atoms with Crippen molar-refractivity contribution in [2.24, 2.45) is 5.92 Å². The summed E-state index contributed by atoms with van der Waals surface area (Å²) >= 11 is 11.4. The minimum Gasteiger partial charge on any atom is -0.338 e. The number of hydrogen-bond donors (Lipinski definition) is 0. The topological polar surface area (TPSA) is 63.4 Å². The van der Waals surface area contributed by atoms with Gasteiger partial charge in [0.1, 0.15) is 5.56 Å². The number of carbonyl (C=O) groups excluding carboxylic acids is 1. The molecule has 1 saturated heterocycles. The van der Waals surface area contributed by atoms with Gasteiger partial charge in [-0.3, -0.25) is 14.9 Å². The van der Waals surface area contributed by atoms with E-state index in [9.17, 15) is 14.9 Å². The van der Waals surface area contributed by atoms with Gasteiger partial charge < -0.3 is 4.90 Å². The molecule has 1 aromatic carbocycles. The predicted octanol–water partition coefficient (Wildman–Crippen LogP) is 3.34. The number of nitrogens with zero attached hydrogens (tertiary/aromatic N) is 2. The summed E-state index contributed by atoms with van der Waals surface area (Å²) in [7, 11) is 0. The molecule has 1 aliphatic rings. The maximum atomic E-state index is 12.4. The van der Waals surface area contributed by atoms with Gasteiger partial charge >= 0.3 is 0 Å². The quantitative estimate of drug-likeness (QED) is 0.486. The first-order valence-electron chi connectivity index (χ1n) is 6.32. The van der Waals surface area contributed by atoms with Crippen LogP contribution < -0.4 is 0 Å². The van der Waals surface area contributed by atoms with Gasteiger partial charge in [0.15, 0.2) is 0 Å². The predicted molar refractivity (Wildman–Crippen MR) is 77.5 cm³/mol. The summed E-state index contributed by atoms with van der Waals surface area (Å²) in [5.74, 6) is 0.626. The molecule has 1 atom stereocenters. The van der Waals surface area contributed by atoms with Crippen molar-refractivity contribution in [3.05, 3.63) is 38.9 Å². The Labute approximate surface area is 126 Å². The molecule has 1 fully saturated rings. The number of nitro groups is 1. The summed E-state index contributed by atoms with van der Waals surface area (Å²) in [5.41, 5.74) is -0.158.